The van der Waals surface area contributed by atoms with Crippen molar-refractivity contribution in [1.29, 1.82) is 0 Å². The number of benzene rings is 13. The summed E-state index contributed by atoms with van der Waals surface area (Å²) < 4.78 is 11.8. The zero-order valence-corrected chi connectivity index (χ0v) is 44.1. The lowest BCUT2D eigenvalue weighted by molar-refractivity contribution is 0.340. The van der Waals surface area contributed by atoms with Gasteiger partial charge in [0.05, 0.1) is 13.2 Å². The van der Waals surface area contributed by atoms with E-state index in [0.717, 1.165) is 24.3 Å². The largest absolute Gasteiger partial charge is 0.494 e. The van der Waals surface area contributed by atoms with Gasteiger partial charge in [-0.05, 0) is 206 Å². The summed E-state index contributed by atoms with van der Waals surface area (Å²) in [7, 11) is 0. The zero-order chi connectivity index (χ0) is 51.8. The SMILES string of the molecule is CCOc1ccc(-c2c3ccccc3c(-c3ccc4c(c3)C(CC)(CC)c3cc(-c5c6ccccc6c(-c6c7ccccc7c(-c7ccc(OCC)cc7)c7ccccc67)c6ccccc56)ccc3-4)c3ccccc23)cc1. The molecule has 0 amide bonds. The Morgan fingerprint density at radius 1 is 0.260 bits per heavy atom. The summed E-state index contributed by atoms with van der Waals surface area (Å²) in [6.07, 6.45) is 1.98. The molecule has 14 rings (SSSR count). The first kappa shape index (κ1) is 46.5. The molecule has 2 heteroatoms. The van der Waals surface area contributed by atoms with Crippen molar-refractivity contribution in [3.8, 4) is 78.3 Å². The second-order valence-electron chi connectivity index (χ2n) is 20.7. The highest BCUT2D eigenvalue weighted by Crippen LogP contribution is 2.57. The van der Waals surface area contributed by atoms with Gasteiger partial charge in [0.15, 0.2) is 0 Å². The van der Waals surface area contributed by atoms with Crippen molar-refractivity contribution in [3.63, 3.8) is 0 Å². The molecule has 370 valence electrons. The molecule has 1 aliphatic carbocycles. The van der Waals surface area contributed by atoms with E-state index < -0.39 is 0 Å². The number of rotatable bonds is 11. The standard InChI is InChI=1S/C75H58O2/c1-5-75(6-2)67-45-49(71-57-23-11-9-21-55(57)69(56-22-10-12-24-58(56)71)47-33-39-51(40-34-47)76-7-3)37-43-53(67)54-44-38-50(46-68(54)75)72-61-27-15-19-31-65(61)74(66-32-20-16-28-62(66)72)73-63-29-17-13-25-59(63)70(60-26-14-18-30-64(60)73)48-35-41-52(42-36-48)77-8-4/h9-46H,5-8H2,1-4H3. The van der Waals surface area contributed by atoms with E-state index in [1.165, 1.54) is 143 Å². The molecule has 0 saturated carbocycles. The summed E-state index contributed by atoms with van der Waals surface area (Å²) in [5.74, 6) is 1.78. The van der Waals surface area contributed by atoms with E-state index in [-0.39, 0.29) is 5.41 Å². The van der Waals surface area contributed by atoms with Crippen LogP contribution in [-0.2, 0) is 5.41 Å². The molecule has 0 heterocycles. The summed E-state index contributed by atoms with van der Waals surface area (Å²) >= 11 is 0. The topological polar surface area (TPSA) is 18.5 Å². The Labute approximate surface area is 450 Å². The molecule has 0 spiro atoms. The highest BCUT2D eigenvalue weighted by Gasteiger charge is 2.41. The van der Waals surface area contributed by atoms with E-state index >= 15 is 0 Å². The molecule has 0 saturated heterocycles. The Morgan fingerprint density at radius 2 is 0.494 bits per heavy atom. The molecule has 0 atom stereocenters. The minimum atomic E-state index is -0.182. The number of fused-ring (bicyclic) bond motifs is 9. The van der Waals surface area contributed by atoms with Crippen LogP contribution in [0.1, 0.15) is 51.7 Å². The van der Waals surface area contributed by atoms with E-state index in [1.807, 2.05) is 13.8 Å². The van der Waals surface area contributed by atoms with Gasteiger partial charge >= 0.3 is 0 Å². The summed E-state index contributed by atoms with van der Waals surface area (Å²) in [4.78, 5) is 0. The fourth-order valence-electron chi connectivity index (χ4n) is 13.8. The predicted octanol–water partition coefficient (Wildman–Crippen LogP) is 20.8. The molecule has 13 aromatic rings. The smallest absolute Gasteiger partial charge is 0.119 e. The number of ether oxygens (including phenoxy) is 2. The molecular weight excluding hydrogens is 933 g/mol. The Morgan fingerprint density at radius 3 is 0.740 bits per heavy atom. The fourth-order valence-corrected chi connectivity index (χ4v) is 13.8. The van der Waals surface area contributed by atoms with Crippen molar-refractivity contribution in [3.05, 3.63) is 242 Å². The van der Waals surface area contributed by atoms with Crippen molar-refractivity contribution < 1.29 is 9.47 Å². The van der Waals surface area contributed by atoms with Crippen LogP contribution in [0.5, 0.6) is 11.5 Å². The van der Waals surface area contributed by atoms with Crippen LogP contribution in [-0.4, -0.2) is 13.2 Å². The first-order valence-corrected chi connectivity index (χ1v) is 27.6. The van der Waals surface area contributed by atoms with E-state index in [1.54, 1.807) is 0 Å². The molecular formula is C75H58O2. The van der Waals surface area contributed by atoms with Crippen LogP contribution >= 0.6 is 0 Å². The molecule has 0 bridgehead atoms. The van der Waals surface area contributed by atoms with Crippen molar-refractivity contribution in [1.82, 2.24) is 0 Å². The second-order valence-corrected chi connectivity index (χ2v) is 20.7. The summed E-state index contributed by atoms with van der Waals surface area (Å²) in [6, 6.07) is 86.4. The second kappa shape index (κ2) is 18.7. The third-order valence-corrected chi connectivity index (χ3v) is 17.1. The van der Waals surface area contributed by atoms with Gasteiger partial charge in [-0.1, -0.05) is 208 Å². The van der Waals surface area contributed by atoms with E-state index in [0.29, 0.717) is 13.2 Å². The van der Waals surface area contributed by atoms with Crippen LogP contribution < -0.4 is 9.47 Å². The van der Waals surface area contributed by atoms with Crippen LogP contribution in [0.3, 0.4) is 0 Å². The lowest BCUT2D eigenvalue weighted by atomic mass is 9.72. The van der Waals surface area contributed by atoms with Crippen LogP contribution in [0, 0.1) is 0 Å². The van der Waals surface area contributed by atoms with Gasteiger partial charge in [0.25, 0.3) is 0 Å². The Hall–Kier alpha value is -8.98. The molecule has 2 nitrogen and oxygen atoms in total. The fraction of sp³-hybridized carbons (Fsp3) is 0.120. The highest BCUT2D eigenvalue weighted by molar-refractivity contribution is 6.30. The van der Waals surface area contributed by atoms with Gasteiger partial charge in [0.1, 0.15) is 11.5 Å². The van der Waals surface area contributed by atoms with Crippen molar-refractivity contribution >= 4 is 64.6 Å². The predicted molar refractivity (Wildman–Crippen MR) is 328 cm³/mol. The van der Waals surface area contributed by atoms with Crippen LogP contribution in [0.15, 0.2) is 231 Å². The average molecular weight is 991 g/mol. The Kier molecular flexibility index (Phi) is 11.3. The molecule has 0 radical (unpaired) electrons. The maximum Gasteiger partial charge on any atom is 0.119 e. The Balaban J connectivity index is 0.949. The van der Waals surface area contributed by atoms with Crippen LogP contribution in [0.25, 0.3) is 131 Å². The van der Waals surface area contributed by atoms with Crippen LogP contribution in [0.2, 0.25) is 0 Å². The first-order chi connectivity index (χ1) is 38.0. The number of hydrogen-bond acceptors (Lipinski definition) is 2. The average Bonchev–Trinajstić information content (AvgIpc) is 3.99. The summed E-state index contributed by atoms with van der Waals surface area (Å²) in [5.41, 5.74) is 17.9. The quantitative estimate of drug-likeness (QED) is 0.120. The molecule has 0 unspecified atom stereocenters. The van der Waals surface area contributed by atoms with Crippen molar-refractivity contribution in [2.24, 2.45) is 0 Å². The van der Waals surface area contributed by atoms with Gasteiger partial charge in [-0.2, -0.15) is 0 Å². The third-order valence-electron chi connectivity index (χ3n) is 17.1. The van der Waals surface area contributed by atoms with Gasteiger partial charge in [-0.15, -0.1) is 0 Å². The third kappa shape index (κ3) is 7.15. The van der Waals surface area contributed by atoms with E-state index in [4.69, 9.17) is 9.47 Å². The lowest BCUT2D eigenvalue weighted by Gasteiger charge is -2.30. The molecule has 0 aromatic heterocycles. The lowest BCUT2D eigenvalue weighted by Crippen LogP contribution is -2.23. The van der Waals surface area contributed by atoms with E-state index in [2.05, 4.69) is 244 Å². The molecule has 0 N–H and O–H groups in total. The van der Waals surface area contributed by atoms with E-state index in [9.17, 15) is 0 Å². The van der Waals surface area contributed by atoms with Crippen molar-refractivity contribution in [2.75, 3.05) is 13.2 Å². The normalized spacial score (nSPS) is 12.7. The summed E-state index contributed by atoms with van der Waals surface area (Å²) in [5, 5.41) is 15.0. The molecule has 13 aromatic carbocycles. The van der Waals surface area contributed by atoms with Gasteiger partial charge in [0, 0.05) is 5.41 Å². The van der Waals surface area contributed by atoms with Gasteiger partial charge in [-0.3, -0.25) is 0 Å². The molecule has 1 aliphatic rings. The van der Waals surface area contributed by atoms with Crippen LogP contribution in [0.4, 0.5) is 0 Å². The first-order valence-electron chi connectivity index (χ1n) is 27.6. The minimum Gasteiger partial charge on any atom is -0.494 e. The monoisotopic (exact) mass is 990 g/mol. The van der Waals surface area contributed by atoms with Gasteiger partial charge in [0.2, 0.25) is 0 Å². The molecule has 0 fully saturated rings. The van der Waals surface area contributed by atoms with Gasteiger partial charge < -0.3 is 9.47 Å². The minimum absolute atomic E-state index is 0.182. The molecule has 77 heavy (non-hydrogen) atoms. The maximum absolute atomic E-state index is 5.89. The number of hydrogen-bond donors (Lipinski definition) is 0. The van der Waals surface area contributed by atoms with Gasteiger partial charge in [-0.25, -0.2) is 0 Å². The Bertz CT molecular complexity index is 4310. The summed E-state index contributed by atoms with van der Waals surface area (Å²) in [6.45, 7) is 10.1. The van der Waals surface area contributed by atoms with Crippen molar-refractivity contribution in [2.45, 2.75) is 46.0 Å². The highest BCUT2D eigenvalue weighted by atomic mass is 16.5. The zero-order valence-electron chi connectivity index (χ0n) is 44.1. The molecule has 0 aliphatic heterocycles. The maximum atomic E-state index is 5.89.